The Balaban J connectivity index is 2.11. The van der Waals surface area contributed by atoms with Crippen molar-refractivity contribution in [3.05, 3.63) is 53.1 Å². The molecule has 0 saturated heterocycles. The Morgan fingerprint density at radius 1 is 1.05 bits per heavy atom. The molecule has 0 aliphatic heterocycles. The molecule has 0 amide bonds. The Kier molecular flexibility index (Phi) is 4.88. The van der Waals surface area contributed by atoms with Crippen LogP contribution in [0.5, 0.6) is 17.2 Å². The maximum Gasteiger partial charge on any atom is 0.128 e. The number of benzene rings is 2. The summed E-state index contributed by atoms with van der Waals surface area (Å²) in [7, 11) is 0. The Labute approximate surface area is 124 Å². The normalized spacial score (nSPS) is 12.0. The van der Waals surface area contributed by atoms with Gasteiger partial charge in [0, 0.05) is 11.1 Å². The summed E-state index contributed by atoms with van der Waals surface area (Å²) in [6.07, 6.45) is 0. The first kappa shape index (κ1) is 14.7. The molecule has 106 valence electrons. The van der Waals surface area contributed by atoms with Gasteiger partial charge in [-0.25, -0.2) is 0 Å². The molecule has 0 aliphatic rings. The Morgan fingerprint density at radius 2 is 1.65 bits per heavy atom. The van der Waals surface area contributed by atoms with Crippen molar-refractivity contribution >= 4 is 11.6 Å². The Morgan fingerprint density at radius 3 is 2.20 bits per heavy atom. The molecule has 2 N–H and O–H groups in total. The summed E-state index contributed by atoms with van der Waals surface area (Å²) in [5, 5.41) is 0.614. The summed E-state index contributed by atoms with van der Waals surface area (Å²) in [5.74, 6) is 2.24. The summed E-state index contributed by atoms with van der Waals surface area (Å²) >= 11 is 6.18. The van der Waals surface area contributed by atoms with Crippen molar-refractivity contribution in [2.75, 3.05) is 6.61 Å². The van der Waals surface area contributed by atoms with Crippen LogP contribution in [0.3, 0.4) is 0 Å². The second kappa shape index (κ2) is 6.64. The van der Waals surface area contributed by atoms with Crippen molar-refractivity contribution in [2.24, 2.45) is 5.73 Å². The molecule has 0 aromatic heterocycles. The third-order valence-corrected chi connectivity index (χ3v) is 3.16. The van der Waals surface area contributed by atoms with Gasteiger partial charge in [0.15, 0.2) is 0 Å². The third kappa shape index (κ3) is 3.65. The smallest absolute Gasteiger partial charge is 0.128 e. The van der Waals surface area contributed by atoms with Crippen LogP contribution in [0, 0.1) is 0 Å². The molecule has 20 heavy (non-hydrogen) atoms. The van der Waals surface area contributed by atoms with Crippen molar-refractivity contribution < 1.29 is 9.47 Å². The monoisotopic (exact) mass is 291 g/mol. The first-order valence-corrected chi connectivity index (χ1v) is 6.93. The van der Waals surface area contributed by atoms with Gasteiger partial charge in [-0.15, -0.1) is 0 Å². The van der Waals surface area contributed by atoms with Crippen LogP contribution in [0.2, 0.25) is 5.02 Å². The van der Waals surface area contributed by atoms with Crippen molar-refractivity contribution in [3.63, 3.8) is 0 Å². The van der Waals surface area contributed by atoms with Crippen molar-refractivity contribution in [1.29, 1.82) is 0 Å². The van der Waals surface area contributed by atoms with Gasteiger partial charge >= 0.3 is 0 Å². The van der Waals surface area contributed by atoms with E-state index in [4.69, 9.17) is 26.8 Å². The van der Waals surface area contributed by atoms with Gasteiger partial charge in [-0.05, 0) is 55.8 Å². The van der Waals surface area contributed by atoms with Crippen molar-refractivity contribution in [1.82, 2.24) is 0 Å². The summed E-state index contributed by atoms with van der Waals surface area (Å²) < 4.78 is 11.1. The molecule has 0 radical (unpaired) electrons. The van der Waals surface area contributed by atoms with Crippen LogP contribution in [0.25, 0.3) is 0 Å². The minimum atomic E-state index is -0.0953. The molecule has 4 heteroatoms. The standard InChI is InChI=1S/C16H18ClNO2/c1-3-19-12-4-6-13(7-5-12)20-14-8-9-15(11(2)18)16(17)10-14/h4-11H,3,18H2,1-2H3. The first-order valence-electron chi connectivity index (χ1n) is 6.56. The number of hydrogen-bond donors (Lipinski definition) is 1. The van der Waals surface area contributed by atoms with Crippen LogP contribution in [-0.4, -0.2) is 6.61 Å². The highest BCUT2D eigenvalue weighted by atomic mass is 35.5. The zero-order valence-corrected chi connectivity index (χ0v) is 12.4. The SMILES string of the molecule is CCOc1ccc(Oc2ccc(C(C)N)c(Cl)c2)cc1. The average Bonchev–Trinajstić information content (AvgIpc) is 2.41. The molecule has 0 bridgehead atoms. The minimum Gasteiger partial charge on any atom is -0.494 e. The van der Waals surface area contributed by atoms with E-state index in [0.29, 0.717) is 17.4 Å². The van der Waals surface area contributed by atoms with E-state index in [9.17, 15) is 0 Å². The molecule has 2 aromatic rings. The molecule has 1 atom stereocenters. The van der Waals surface area contributed by atoms with Crippen LogP contribution >= 0.6 is 11.6 Å². The van der Waals surface area contributed by atoms with Gasteiger partial charge in [0.25, 0.3) is 0 Å². The van der Waals surface area contributed by atoms with E-state index in [2.05, 4.69) is 0 Å². The quantitative estimate of drug-likeness (QED) is 0.879. The molecule has 1 unspecified atom stereocenters. The Hall–Kier alpha value is -1.71. The van der Waals surface area contributed by atoms with Gasteiger partial charge in [-0.3, -0.25) is 0 Å². The Bertz CT molecular complexity index is 567. The molecule has 0 spiro atoms. The highest BCUT2D eigenvalue weighted by Crippen LogP contribution is 2.29. The summed E-state index contributed by atoms with van der Waals surface area (Å²) in [4.78, 5) is 0. The molecular formula is C16H18ClNO2. The van der Waals surface area contributed by atoms with E-state index in [1.54, 1.807) is 6.07 Å². The second-order valence-electron chi connectivity index (χ2n) is 4.48. The molecule has 0 heterocycles. The van der Waals surface area contributed by atoms with E-state index < -0.39 is 0 Å². The van der Waals surface area contributed by atoms with Crippen LogP contribution in [0.1, 0.15) is 25.5 Å². The lowest BCUT2D eigenvalue weighted by atomic mass is 10.1. The lowest BCUT2D eigenvalue weighted by Crippen LogP contribution is -2.05. The van der Waals surface area contributed by atoms with Crippen LogP contribution in [0.15, 0.2) is 42.5 Å². The van der Waals surface area contributed by atoms with Gasteiger partial charge < -0.3 is 15.2 Å². The van der Waals surface area contributed by atoms with Gasteiger partial charge in [-0.2, -0.15) is 0 Å². The maximum absolute atomic E-state index is 6.18. The predicted molar refractivity (Wildman–Crippen MR) is 81.7 cm³/mol. The predicted octanol–water partition coefficient (Wildman–Crippen LogP) is 4.55. The van der Waals surface area contributed by atoms with Gasteiger partial charge in [0.05, 0.1) is 6.61 Å². The van der Waals surface area contributed by atoms with Crippen molar-refractivity contribution in [2.45, 2.75) is 19.9 Å². The number of hydrogen-bond acceptors (Lipinski definition) is 3. The third-order valence-electron chi connectivity index (χ3n) is 2.83. The van der Waals surface area contributed by atoms with Gasteiger partial charge in [-0.1, -0.05) is 17.7 Å². The number of nitrogens with two attached hydrogens (primary N) is 1. The number of ether oxygens (including phenoxy) is 2. The number of halogens is 1. The highest BCUT2D eigenvalue weighted by molar-refractivity contribution is 6.31. The van der Waals surface area contributed by atoms with E-state index in [1.807, 2.05) is 50.2 Å². The second-order valence-corrected chi connectivity index (χ2v) is 4.89. The fourth-order valence-corrected chi connectivity index (χ4v) is 2.19. The van der Waals surface area contributed by atoms with Crippen LogP contribution in [0.4, 0.5) is 0 Å². The number of rotatable bonds is 5. The minimum absolute atomic E-state index is 0.0953. The van der Waals surface area contributed by atoms with Crippen LogP contribution in [-0.2, 0) is 0 Å². The molecule has 0 aliphatic carbocycles. The molecular weight excluding hydrogens is 274 g/mol. The van der Waals surface area contributed by atoms with Gasteiger partial charge in [0.1, 0.15) is 17.2 Å². The molecule has 3 nitrogen and oxygen atoms in total. The molecule has 2 aromatic carbocycles. The highest BCUT2D eigenvalue weighted by Gasteiger charge is 2.07. The summed E-state index contributed by atoms with van der Waals surface area (Å²) in [6.45, 7) is 4.50. The molecule has 2 rings (SSSR count). The molecule has 0 fully saturated rings. The summed E-state index contributed by atoms with van der Waals surface area (Å²) in [6, 6.07) is 12.9. The van der Waals surface area contributed by atoms with E-state index in [0.717, 1.165) is 17.1 Å². The zero-order valence-electron chi connectivity index (χ0n) is 11.6. The fourth-order valence-electron chi connectivity index (χ4n) is 1.85. The largest absolute Gasteiger partial charge is 0.494 e. The van der Waals surface area contributed by atoms with E-state index in [1.165, 1.54) is 0 Å². The summed E-state index contributed by atoms with van der Waals surface area (Å²) in [5.41, 5.74) is 6.73. The lowest BCUT2D eigenvalue weighted by molar-refractivity contribution is 0.339. The van der Waals surface area contributed by atoms with Crippen LogP contribution < -0.4 is 15.2 Å². The molecule has 0 saturated carbocycles. The van der Waals surface area contributed by atoms with Gasteiger partial charge in [0.2, 0.25) is 0 Å². The van der Waals surface area contributed by atoms with E-state index in [-0.39, 0.29) is 6.04 Å². The van der Waals surface area contributed by atoms with Crippen molar-refractivity contribution in [3.8, 4) is 17.2 Å². The van der Waals surface area contributed by atoms with E-state index >= 15 is 0 Å². The maximum atomic E-state index is 6.18. The fraction of sp³-hybridized carbons (Fsp3) is 0.250. The zero-order chi connectivity index (χ0) is 14.5. The lowest BCUT2D eigenvalue weighted by Gasteiger charge is -2.11. The topological polar surface area (TPSA) is 44.5 Å². The first-order chi connectivity index (χ1) is 9.60. The average molecular weight is 292 g/mol.